The Kier molecular flexibility index (Phi) is 146. The van der Waals surface area contributed by atoms with Gasteiger partial charge in [0, 0.05) is 58.9 Å². The molecule has 0 atom stereocenters. The van der Waals surface area contributed by atoms with Crippen LogP contribution in [-0.4, -0.2) is 17.4 Å². The van der Waals surface area contributed by atoms with Crippen molar-refractivity contribution in [2.45, 2.75) is 0 Å². The summed E-state index contributed by atoms with van der Waals surface area (Å²) in [6.45, 7) is 0. The van der Waals surface area contributed by atoms with Crippen LogP contribution in [0, 0.1) is 0 Å². The minimum Gasteiger partial charge on any atom is 0 e. The zero-order valence-electron chi connectivity index (χ0n) is 2.31. The van der Waals surface area contributed by atoms with E-state index in [1.54, 1.807) is 0 Å². The molecule has 29 valence electrons. The van der Waals surface area contributed by atoms with Gasteiger partial charge in [-0.3, -0.25) is 0 Å². The van der Waals surface area contributed by atoms with Gasteiger partial charge in [-0.2, -0.15) is 0 Å². The van der Waals surface area contributed by atoms with E-state index in [4.69, 9.17) is 0 Å². The monoisotopic (exact) mass is 353 g/mol. The van der Waals surface area contributed by atoms with Crippen LogP contribution in [0.2, 0.25) is 0 Å². The van der Waals surface area contributed by atoms with Gasteiger partial charge >= 0.3 is 0 Å². The third-order valence-electron chi connectivity index (χ3n) is 0. The Morgan fingerprint density at radius 2 is 1.00 bits per heavy atom. The molecule has 0 nitrogen and oxygen atoms in total. The Morgan fingerprint density at radius 3 is 1.00 bits per heavy atom. The molecule has 0 unspecified atom stereocenters. The van der Waals surface area contributed by atoms with E-state index in [0.29, 0.717) is 0 Å². The Bertz CT molecular complexity index is 8.00. The molecule has 0 saturated heterocycles. The summed E-state index contributed by atoms with van der Waals surface area (Å²) in [6, 6.07) is 0. The van der Waals surface area contributed by atoms with Crippen LogP contribution in [0.1, 0.15) is 0 Å². The maximum absolute atomic E-state index is 0. The van der Waals surface area contributed by atoms with Gasteiger partial charge in [-0.05, 0) is 0 Å². The molecule has 0 aliphatic rings. The second-order valence-corrected chi connectivity index (χ2v) is 0. The van der Waals surface area contributed by atoms with Crippen molar-refractivity contribution in [2.24, 2.45) is 0 Å². The van der Waals surface area contributed by atoms with Gasteiger partial charge in [-0.25, -0.2) is 0 Å². The topological polar surface area (TPSA) is 0 Å². The summed E-state index contributed by atoms with van der Waals surface area (Å²) >= 11 is 0. The molecule has 0 fully saturated rings. The van der Waals surface area contributed by atoms with Crippen LogP contribution in [0.15, 0.2) is 0 Å². The van der Waals surface area contributed by atoms with Crippen LogP contribution in [-0.2, 0) is 58.9 Å². The van der Waals surface area contributed by atoms with Crippen molar-refractivity contribution in [1.82, 2.24) is 0 Å². The number of hydrogen-bond acceptors (Lipinski definition) is 0. The van der Waals surface area contributed by atoms with E-state index in [-0.39, 0.29) is 76.3 Å². The molecule has 3 radical (unpaired) electrons. The van der Waals surface area contributed by atoms with Gasteiger partial charge in [-0.15, -0.1) is 0 Å². The Morgan fingerprint density at radius 1 is 1.00 bits per heavy atom. The van der Waals surface area contributed by atoms with E-state index in [1.807, 2.05) is 0 Å². The van der Waals surface area contributed by atoms with Crippen molar-refractivity contribution in [3.8, 4) is 0 Å². The minimum atomic E-state index is 0. The molecule has 0 rings (SSSR count). The summed E-state index contributed by atoms with van der Waals surface area (Å²) in [5.74, 6) is 0. The first kappa shape index (κ1) is 32.2. The van der Waals surface area contributed by atoms with E-state index < -0.39 is 0 Å². The third kappa shape index (κ3) is 8.83. The van der Waals surface area contributed by atoms with Crippen LogP contribution in [0.25, 0.3) is 0 Å². The van der Waals surface area contributed by atoms with Gasteiger partial charge in [0.1, 0.15) is 17.4 Å². The third-order valence-corrected chi connectivity index (χ3v) is 0. The fourth-order valence-corrected chi connectivity index (χ4v) is 0. The zero-order chi connectivity index (χ0) is 0. The molecule has 0 amide bonds. The largest absolute Gasteiger partial charge is 0.146 e. The normalized spacial score (nSPS) is 0. The fraction of sp³-hybridized carbons (Fsp3) is 0. The summed E-state index contributed by atoms with van der Waals surface area (Å²) in [5, 5.41) is 0. The first-order valence-corrected chi connectivity index (χ1v) is 0. The standard InChI is InChI=1S/Al.Au.Cu.Zn.2H. The van der Waals surface area contributed by atoms with Crippen LogP contribution >= 0.6 is 0 Å². The first-order valence-electron chi connectivity index (χ1n) is 0. The van der Waals surface area contributed by atoms with E-state index in [9.17, 15) is 0 Å². The van der Waals surface area contributed by atoms with Crippen LogP contribution in [0.4, 0.5) is 0 Å². The fourth-order valence-electron chi connectivity index (χ4n) is 0. The molecule has 0 aliphatic carbocycles. The summed E-state index contributed by atoms with van der Waals surface area (Å²) in [7, 11) is 0. The molecule has 0 bridgehead atoms. The van der Waals surface area contributed by atoms with Crippen molar-refractivity contribution in [3.05, 3.63) is 0 Å². The van der Waals surface area contributed by atoms with Crippen molar-refractivity contribution >= 4 is 17.4 Å². The molecule has 0 saturated carbocycles. The van der Waals surface area contributed by atoms with Gasteiger partial charge < -0.3 is 0 Å². The van der Waals surface area contributed by atoms with Gasteiger partial charge in [0.25, 0.3) is 0 Å². The number of rotatable bonds is 0. The van der Waals surface area contributed by atoms with E-state index in [0.717, 1.165) is 0 Å². The van der Waals surface area contributed by atoms with Crippen molar-refractivity contribution in [2.75, 3.05) is 0 Å². The predicted octanol–water partition coefficient (Wildman–Crippen LogP) is -0.924. The Balaban J connectivity index is 0. The molecule has 0 spiro atoms. The maximum Gasteiger partial charge on any atom is 0.146 e. The molecule has 0 aromatic rings. The molecule has 0 N–H and O–H groups in total. The van der Waals surface area contributed by atoms with Crippen molar-refractivity contribution in [3.63, 3.8) is 0 Å². The van der Waals surface area contributed by atoms with Gasteiger partial charge in [0.05, 0.1) is 0 Å². The average molecular weight is 355 g/mol. The quantitative estimate of drug-likeness (QED) is 0.493. The molecule has 0 aromatic heterocycles. The van der Waals surface area contributed by atoms with Crippen LogP contribution in [0.5, 0.6) is 0 Å². The summed E-state index contributed by atoms with van der Waals surface area (Å²) in [6.07, 6.45) is 0. The van der Waals surface area contributed by atoms with Crippen molar-refractivity contribution in [1.29, 1.82) is 0 Å². The summed E-state index contributed by atoms with van der Waals surface area (Å²) < 4.78 is 0. The SMILES string of the molecule is [AlH2].[Au].[Cu].[Zn]. The van der Waals surface area contributed by atoms with Gasteiger partial charge in [-0.1, -0.05) is 0 Å². The van der Waals surface area contributed by atoms with E-state index >= 15 is 0 Å². The first-order chi connectivity index (χ1) is 0. The average Bonchev–Trinajstić information content (AvgIpc) is 0. The van der Waals surface area contributed by atoms with Crippen LogP contribution < -0.4 is 0 Å². The zero-order valence-corrected chi connectivity index (χ0v) is 10.4. The van der Waals surface area contributed by atoms with E-state index in [1.165, 1.54) is 0 Å². The Labute approximate surface area is 75.4 Å². The van der Waals surface area contributed by atoms with Gasteiger partial charge in [0.15, 0.2) is 0 Å². The summed E-state index contributed by atoms with van der Waals surface area (Å²) in [4.78, 5) is 0. The second kappa shape index (κ2) is 18.1. The minimum absolute atomic E-state index is 0. The molecule has 0 aromatic carbocycles. The molecule has 4 heavy (non-hydrogen) atoms. The Hall–Kier alpha value is 2.42. The van der Waals surface area contributed by atoms with Gasteiger partial charge in [0.2, 0.25) is 0 Å². The maximum atomic E-state index is 0. The van der Waals surface area contributed by atoms with Crippen LogP contribution in [0.3, 0.4) is 0 Å². The molecular formula is H2AlAuCuZn. The summed E-state index contributed by atoms with van der Waals surface area (Å²) in [5.41, 5.74) is 0. The second-order valence-electron chi connectivity index (χ2n) is 0. The molecule has 0 heterocycles. The van der Waals surface area contributed by atoms with E-state index in [2.05, 4.69) is 0 Å². The molecule has 0 aliphatic heterocycles. The smallest absolute Gasteiger partial charge is 0 e. The number of hydrogen-bond donors (Lipinski definition) is 0. The van der Waals surface area contributed by atoms with Crippen molar-refractivity contribution < 1.29 is 58.9 Å². The molecule has 4 heteroatoms. The predicted molar refractivity (Wildman–Crippen MR) is 8.54 cm³/mol. The molecular weight excluding hydrogens is 353 g/mol.